The highest BCUT2D eigenvalue weighted by atomic mass is 16.2. The zero-order valence-corrected chi connectivity index (χ0v) is 12.2. The Bertz CT molecular complexity index is 745. The molecule has 3 rings (SSSR count). The number of carbonyl (C=O) groups excluding carboxylic acids is 3. The monoisotopic (exact) mass is 310 g/mol. The molecule has 0 saturated carbocycles. The second kappa shape index (κ2) is 6.27. The quantitative estimate of drug-likeness (QED) is 0.835. The van der Waals surface area contributed by atoms with Crippen LogP contribution in [0.25, 0.3) is 0 Å². The van der Waals surface area contributed by atoms with Crippen molar-refractivity contribution >= 4 is 23.5 Å². The maximum Gasteiger partial charge on any atom is 0.324 e. The number of hydrogen-bond acceptors (Lipinski definition) is 4. The van der Waals surface area contributed by atoms with E-state index in [9.17, 15) is 14.4 Å². The molecule has 1 aromatic heterocycles. The lowest BCUT2D eigenvalue weighted by atomic mass is 10.1. The number of imide groups is 1. The van der Waals surface area contributed by atoms with Crippen molar-refractivity contribution in [3.63, 3.8) is 0 Å². The van der Waals surface area contributed by atoms with E-state index in [2.05, 4.69) is 15.6 Å². The number of nitrogens with one attached hydrogen (secondary N) is 2. The number of carbonyl (C=O) groups is 3. The summed E-state index contributed by atoms with van der Waals surface area (Å²) in [6.07, 6.45) is 3.17. The first kappa shape index (κ1) is 14.7. The van der Waals surface area contributed by atoms with Crippen LogP contribution in [-0.4, -0.2) is 34.3 Å². The van der Waals surface area contributed by atoms with Crippen molar-refractivity contribution in [2.24, 2.45) is 0 Å². The van der Waals surface area contributed by atoms with E-state index in [0.717, 1.165) is 4.90 Å². The number of pyridine rings is 1. The minimum atomic E-state index is -0.416. The molecule has 0 aliphatic carbocycles. The van der Waals surface area contributed by atoms with Gasteiger partial charge in [-0.3, -0.25) is 19.5 Å². The van der Waals surface area contributed by atoms with Crippen molar-refractivity contribution in [2.75, 3.05) is 11.9 Å². The largest absolute Gasteiger partial charge is 0.329 e. The summed E-state index contributed by atoms with van der Waals surface area (Å²) < 4.78 is 0. The van der Waals surface area contributed by atoms with Crippen molar-refractivity contribution in [3.05, 3.63) is 59.9 Å². The summed E-state index contributed by atoms with van der Waals surface area (Å²) >= 11 is 0. The lowest BCUT2D eigenvalue weighted by Gasteiger charge is -2.13. The van der Waals surface area contributed by atoms with Gasteiger partial charge in [0.2, 0.25) is 5.91 Å². The number of anilines is 1. The van der Waals surface area contributed by atoms with Crippen molar-refractivity contribution in [2.45, 2.75) is 6.54 Å². The summed E-state index contributed by atoms with van der Waals surface area (Å²) in [7, 11) is 0. The standard InChI is InChI=1S/C16H14N4O3/c21-14-9-18-16(23)20(14)10-11-3-1-4-12(7-11)15(22)19-13-5-2-6-17-8-13/h1-8H,9-10H2,(H,18,23)(H,19,22). The number of amides is 4. The van der Waals surface area contributed by atoms with Crippen LogP contribution in [0.4, 0.5) is 10.5 Å². The summed E-state index contributed by atoms with van der Waals surface area (Å²) in [5.74, 6) is -0.558. The minimum Gasteiger partial charge on any atom is -0.329 e. The zero-order valence-electron chi connectivity index (χ0n) is 12.2. The molecule has 0 spiro atoms. The second-order valence-corrected chi connectivity index (χ2v) is 5.03. The molecule has 4 amide bonds. The SMILES string of the molecule is O=C(Nc1cccnc1)c1cccc(CN2C(=O)CNC2=O)c1. The van der Waals surface area contributed by atoms with Gasteiger partial charge in [-0.1, -0.05) is 12.1 Å². The van der Waals surface area contributed by atoms with Crippen molar-refractivity contribution in [1.29, 1.82) is 0 Å². The van der Waals surface area contributed by atoms with Crippen LogP contribution < -0.4 is 10.6 Å². The third kappa shape index (κ3) is 3.34. The van der Waals surface area contributed by atoms with Crippen LogP contribution in [0, 0.1) is 0 Å². The Morgan fingerprint density at radius 2 is 2.13 bits per heavy atom. The van der Waals surface area contributed by atoms with Crippen LogP contribution in [0.1, 0.15) is 15.9 Å². The number of hydrogen-bond donors (Lipinski definition) is 2. The molecule has 0 atom stereocenters. The Morgan fingerprint density at radius 3 is 2.83 bits per heavy atom. The van der Waals surface area contributed by atoms with E-state index >= 15 is 0 Å². The molecule has 2 N–H and O–H groups in total. The van der Waals surface area contributed by atoms with Crippen LogP contribution in [-0.2, 0) is 11.3 Å². The van der Waals surface area contributed by atoms with Gasteiger partial charge >= 0.3 is 6.03 Å². The van der Waals surface area contributed by atoms with Crippen LogP contribution in [0.2, 0.25) is 0 Å². The van der Waals surface area contributed by atoms with Crippen LogP contribution >= 0.6 is 0 Å². The van der Waals surface area contributed by atoms with Gasteiger partial charge in [-0.05, 0) is 29.8 Å². The minimum absolute atomic E-state index is 0.0139. The first-order chi connectivity index (χ1) is 11.1. The van der Waals surface area contributed by atoms with Gasteiger partial charge in [-0.15, -0.1) is 0 Å². The molecule has 0 radical (unpaired) electrons. The molecule has 1 aliphatic heterocycles. The second-order valence-electron chi connectivity index (χ2n) is 5.03. The highest BCUT2D eigenvalue weighted by Crippen LogP contribution is 2.13. The van der Waals surface area contributed by atoms with Gasteiger partial charge in [-0.2, -0.15) is 0 Å². The highest BCUT2D eigenvalue weighted by molar-refractivity contribution is 6.04. The Morgan fingerprint density at radius 1 is 1.26 bits per heavy atom. The molecule has 1 aromatic carbocycles. The van der Waals surface area contributed by atoms with Gasteiger partial charge in [0.05, 0.1) is 25.0 Å². The van der Waals surface area contributed by atoms with Crippen LogP contribution in [0.15, 0.2) is 48.8 Å². The lowest BCUT2D eigenvalue weighted by molar-refractivity contribution is -0.125. The number of benzene rings is 1. The predicted molar refractivity (Wildman–Crippen MR) is 82.6 cm³/mol. The lowest BCUT2D eigenvalue weighted by Crippen LogP contribution is -2.30. The van der Waals surface area contributed by atoms with E-state index < -0.39 is 6.03 Å². The molecule has 1 aliphatic rings. The van der Waals surface area contributed by atoms with E-state index in [1.807, 2.05) is 0 Å². The van der Waals surface area contributed by atoms with E-state index in [0.29, 0.717) is 16.8 Å². The molecule has 7 nitrogen and oxygen atoms in total. The molecule has 0 unspecified atom stereocenters. The molecule has 7 heteroatoms. The number of urea groups is 1. The van der Waals surface area contributed by atoms with E-state index in [-0.39, 0.29) is 24.9 Å². The molecule has 0 bridgehead atoms. The molecule has 2 aromatic rings. The van der Waals surface area contributed by atoms with Gasteiger partial charge in [0.1, 0.15) is 0 Å². The smallest absolute Gasteiger partial charge is 0.324 e. The van der Waals surface area contributed by atoms with Gasteiger partial charge in [-0.25, -0.2) is 4.79 Å². The fourth-order valence-electron chi connectivity index (χ4n) is 2.25. The topological polar surface area (TPSA) is 91.4 Å². The van der Waals surface area contributed by atoms with Gasteiger partial charge < -0.3 is 10.6 Å². The van der Waals surface area contributed by atoms with E-state index in [1.165, 1.54) is 0 Å². The maximum atomic E-state index is 12.2. The molecule has 2 heterocycles. The summed E-state index contributed by atoms with van der Waals surface area (Å²) in [6, 6.07) is 9.85. The number of rotatable bonds is 4. The predicted octanol–water partition coefficient (Wildman–Crippen LogP) is 1.39. The number of nitrogens with zero attached hydrogens (tertiary/aromatic N) is 2. The van der Waals surface area contributed by atoms with Crippen molar-refractivity contribution < 1.29 is 14.4 Å². The number of aromatic nitrogens is 1. The first-order valence-corrected chi connectivity index (χ1v) is 7.02. The zero-order chi connectivity index (χ0) is 16.2. The molecular weight excluding hydrogens is 296 g/mol. The normalized spacial score (nSPS) is 13.8. The Balaban J connectivity index is 1.73. The van der Waals surface area contributed by atoms with Gasteiger partial charge in [0, 0.05) is 11.8 Å². The average Bonchev–Trinajstić information content (AvgIpc) is 2.88. The molecule has 1 fully saturated rings. The Labute approximate surface area is 132 Å². The summed E-state index contributed by atoms with van der Waals surface area (Å²) in [5, 5.41) is 5.20. The molecule has 1 saturated heterocycles. The van der Waals surface area contributed by atoms with E-state index in [1.54, 1.807) is 48.8 Å². The fraction of sp³-hybridized carbons (Fsp3) is 0.125. The molecular formula is C16H14N4O3. The van der Waals surface area contributed by atoms with Crippen molar-refractivity contribution in [1.82, 2.24) is 15.2 Å². The maximum absolute atomic E-state index is 12.2. The first-order valence-electron chi connectivity index (χ1n) is 7.02. The highest BCUT2D eigenvalue weighted by Gasteiger charge is 2.28. The fourth-order valence-corrected chi connectivity index (χ4v) is 2.25. The van der Waals surface area contributed by atoms with Crippen LogP contribution in [0.3, 0.4) is 0 Å². The molecule has 23 heavy (non-hydrogen) atoms. The third-order valence-electron chi connectivity index (χ3n) is 3.39. The third-order valence-corrected chi connectivity index (χ3v) is 3.39. The average molecular weight is 310 g/mol. The van der Waals surface area contributed by atoms with Crippen LogP contribution in [0.5, 0.6) is 0 Å². The van der Waals surface area contributed by atoms with E-state index in [4.69, 9.17) is 0 Å². The summed E-state index contributed by atoms with van der Waals surface area (Å²) in [4.78, 5) is 40.4. The van der Waals surface area contributed by atoms with Gasteiger partial charge in [0.15, 0.2) is 0 Å². The Kier molecular flexibility index (Phi) is 4.01. The van der Waals surface area contributed by atoms with Gasteiger partial charge in [0.25, 0.3) is 5.91 Å². The Hall–Kier alpha value is -3.22. The summed E-state index contributed by atoms with van der Waals surface area (Å²) in [6.45, 7) is 0.151. The van der Waals surface area contributed by atoms with Crippen molar-refractivity contribution in [3.8, 4) is 0 Å². The molecule has 116 valence electrons. The summed E-state index contributed by atoms with van der Waals surface area (Å²) in [5.41, 5.74) is 1.74.